The predicted octanol–water partition coefficient (Wildman–Crippen LogP) is 3.20. The Morgan fingerprint density at radius 3 is 2.59 bits per heavy atom. The fourth-order valence-corrected chi connectivity index (χ4v) is 4.43. The molecular weight excluding hydrogens is 450 g/mol. The Kier molecular flexibility index (Phi) is 7.66. The van der Waals surface area contributed by atoms with Gasteiger partial charge in [-0.3, -0.25) is 5.10 Å². The molecule has 4 aromatic rings. The van der Waals surface area contributed by atoms with Crippen molar-refractivity contribution in [1.82, 2.24) is 30.1 Å². The summed E-state index contributed by atoms with van der Waals surface area (Å²) in [4.78, 5) is 18.4. The molecule has 1 saturated carbocycles. The zero-order chi connectivity index (χ0) is 22.6. The van der Waals surface area contributed by atoms with Gasteiger partial charge in [-0.2, -0.15) is 10.1 Å². The van der Waals surface area contributed by atoms with E-state index in [2.05, 4.69) is 42.6 Å². The summed E-state index contributed by atoms with van der Waals surface area (Å²) in [6.07, 6.45) is 8.35. The average Bonchev–Trinajstić information content (AvgIpc) is 3.28. The third-order valence-corrected chi connectivity index (χ3v) is 6.36. The van der Waals surface area contributed by atoms with E-state index in [4.69, 9.17) is 16.5 Å². The van der Waals surface area contributed by atoms with Gasteiger partial charge in [-0.25, -0.2) is 15.0 Å². The molecular formula is C24H30ClN9. The van der Waals surface area contributed by atoms with Crippen LogP contribution in [0.4, 0.5) is 5.95 Å². The number of H-pyrrole nitrogens is 1. The number of fused-ring (bicyclic) bond motifs is 1. The van der Waals surface area contributed by atoms with Gasteiger partial charge in [0.25, 0.3) is 0 Å². The maximum atomic E-state index is 6.05. The third kappa shape index (κ3) is 5.32. The van der Waals surface area contributed by atoms with Crippen LogP contribution in [0.25, 0.3) is 22.4 Å². The highest BCUT2D eigenvalue weighted by Gasteiger charge is 2.20. The van der Waals surface area contributed by atoms with Crippen LogP contribution in [0.15, 0.2) is 48.8 Å². The molecule has 9 nitrogen and oxygen atoms in total. The minimum Gasteiger partial charge on any atom is -0.351 e. The van der Waals surface area contributed by atoms with Crippen LogP contribution in [0.3, 0.4) is 0 Å². The molecule has 1 aromatic carbocycles. The number of aromatic nitrogens is 6. The first-order valence-corrected chi connectivity index (χ1v) is 11.5. The number of rotatable bonds is 7. The van der Waals surface area contributed by atoms with Crippen LogP contribution >= 0.6 is 12.4 Å². The summed E-state index contributed by atoms with van der Waals surface area (Å²) < 4.78 is 0. The smallest absolute Gasteiger partial charge is 0.224 e. The van der Waals surface area contributed by atoms with Crippen molar-refractivity contribution >= 4 is 29.4 Å². The van der Waals surface area contributed by atoms with Crippen molar-refractivity contribution in [1.29, 1.82) is 0 Å². The molecule has 178 valence electrons. The van der Waals surface area contributed by atoms with E-state index < -0.39 is 0 Å². The van der Waals surface area contributed by atoms with Gasteiger partial charge >= 0.3 is 0 Å². The first-order chi connectivity index (χ1) is 16.2. The highest BCUT2D eigenvalue weighted by atomic mass is 35.5. The standard InChI is InChI=1S/C24H29N9.ClH/c25-13-16(15-4-2-1-3-5-15)12-21-27-11-10-20(30-21)22-19-14-28-24(31-23(19)33-32-22)29-18-8-6-17(26)7-9-18;/h1-5,10-11,14,16-18H,6-9,12-13,25-26H2,(H2,28,29,31,32,33);1H. The molecule has 3 aromatic heterocycles. The topological polar surface area (TPSA) is 144 Å². The second-order valence-corrected chi connectivity index (χ2v) is 8.69. The second-order valence-electron chi connectivity index (χ2n) is 8.69. The van der Waals surface area contributed by atoms with E-state index in [1.54, 1.807) is 12.4 Å². The van der Waals surface area contributed by atoms with Gasteiger partial charge in [-0.15, -0.1) is 12.4 Å². The van der Waals surface area contributed by atoms with Crippen molar-refractivity contribution in [2.24, 2.45) is 11.5 Å². The number of anilines is 1. The molecule has 0 amide bonds. The van der Waals surface area contributed by atoms with Crippen LogP contribution in [0, 0.1) is 0 Å². The summed E-state index contributed by atoms with van der Waals surface area (Å²) in [6.45, 7) is 0.529. The lowest BCUT2D eigenvalue weighted by molar-refractivity contribution is 0.410. The van der Waals surface area contributed by atoms with Crippen molar-refractivity contribution in [2.45, 2.75) is 50.1 Å². The van der Waals surface area contributed by atoms with E-state index >= 15 is 0 Å². The number of nitrogens with two attached hydrogens (primary N) is 2. The lowest BCUT2D eigenvalue weighted by atomic mass is 9.92. The minimum atomic E-state index is 0. The van der Waals surface area contributed by atoms with Crippen LogP contribution in [-0.2, 0) is 6.42 Å². The molecule has 0 radical (unpaired) electrons. The molecule has 0 saturated heterocycles. The SMILES string of the molecule is Cl.NCC(Cc1nccc(-c2[nH]nc3nc(NC4CCC(N)CC4)ncc23)n1)c1ccccc1. The van der Waals surface area contributed by atoms with Crippen LogP contribution < -0.4 is 16.8 Å². The summed E-state index contributed by atoms with van der Waals surface area (Å²) in [6, 6.07) is 12.8. The van der Waals surface area contributed by atoms with Crippen LogP contribution in [0.2, 0.25) is 0 Å². The lowest BCUT2D eigenvalue weighted by Crippen LogP contribution is -2.33. The molecule has 0 bridgehead atoms. The Morgan fingerprint density at radius 1 is 1.03 bits per heavy atom. The molecule has 1 aliphatic carbocycles. The van der Waals surface area contributed by atoms with Gasteiger partial charge in [0.05, 0.1) is 16.8 Å². The molecule has 3 heterocycles. The number of aromatic amines is 1. The highest BCUT2D eigenvalue weighted by Crippen LogP contribution is 2.26. The van der Waals surface area contributed by atoms with E-state index in [0.717, 1.165) is 48.3 Å². The Hall–Kier alpha value is -3.14. The Balaban J connectivity index is 0.00000274. The van der Waals surface area contributed by atoms with Gasteiger partial charge in [0.15, 0.2) is 5.65 Å². The maximum Gasteiger partial charge on any atom is 0.224 e. The largest absolute Gasteiger partial charge is 0.351 e. The predicted molar refractivity (Wildman–Crippen MR) is 136 cm³/mol. The van der Waals surface area contributed by atoms with Gasteiger partial charge in [-0.1, -0.05) is 30.3 Å². The Bertz CT molecular complexity index is 1210. The number of nitrogens with one attached hydrogen (secondary N) is 2. The van der Waals surface area contributed by atoms with Crippen molar-refractivity contribution < 1.29 is 0 Å². The van der Waals surface area contributed by atoms with Crippen LogP contribution in [-0.4, -0.2) is 48.8 Å². The van der Waals surface area contributed by atoms with E-state index in [-0.39, 0.29) is 18.3 Å². The third-order valence-electron chi connectivity index (χ3n) is 6.36. The lowest BCUT2D eigenvalue weighted by Gasteiger charge is -2.26. The molecule has 6 N–H and O–H groups in total. The number of benzene rings is 1. The Labute approximate surface area is 204 Å². The van der Waals surface area contributed by atoms with Gasteiger partial charge in [0.1, 0.15) is 5.82 Å². The van der Waals surface area contributed by atoms with E-state index in [1.807, 2.05) is 24.3 Å². The van der Waals surface area contributed by atoms with Crippen LogP contribution in [0.1, 0.15) is 43.0 Å². The van der Waals surface area contributed by atoms with E-state index in [1.165, 1.54) is 5.56 Å². The number of hydrogen-bond donors (Lipinski definition) is 4. The van der Waals surface area contributed by atoms with Crippen molar-refractivity contribution in [2.75, 3.05) is 11.9 Å². The molecule has 5 rings (SSSR count). The second kappa shape index (κ2) is 10.9. The normalized spacial score (nSPS) is 18.9. The number of nitrogens with zero attached hydrogens (tertiary/aromatic N) is 5. The first kappa shape index (κ1) is 24.0. The molecule has 10 heteroatoms. The van der Waals surface area contributed by atoms with Gasteiger partial charge in [0, 0.05) is 36.8 Å². The van der Waals surface area contributed by atoms with E-state index in [9.17, 15) is 0 Å². The molecule has 1 atom stereocenters. The first-order valence-electron chi connectivity index (χ1n) is 11.5. The maximum absolute atomic E-state index is 6.05. The molecule has 0 spiro atoms. The van der Waals surface area contributed by atoms with Crippen LogP contribution in [0.5, 0.6) is 0 Å². The van der Waals surface area contributed by atoms with Crippen molar-refractivity contribution in [3.05, 3.63) is 60.2 Å². The highest BCUT2D eigenvalue weighted by molar-refractivity contribution is 5.89. The average molecular weight is 480 g/mol. The van der Waals surface area contributed by atoms with Crippen molar-refractivity contribution in [3.8, 4) is 11.4 Å². The molecule has 1 aliphatic rings. The number of halogens is 1. The summed E-state index contributed by atoms with van der Waals surface area (Å²) in [5, 5.41) is 11.7. The molecule has 1 unspecified atom stereocenters. The minimum absolute atomic E-state index is 0. The van der Waals surface area contributed by atoms with Crippen molar-refractivity contribution in [3.63, 3.8) is 0 Å². The monoisotopic (exact) mass is 479 g/mol. The zero-order valence-corrected chi connectivity index (χ0v) is 19.7. The fourth-order valence-electron chi connectivity index (χ4n) is 4.43. The number of hydrogen-bond acceptors (Lipinski definition) is 8. The molecule has 0 aliphatic heterocycles. The quantitative estimate of drug-likeness (QED) is 0.316. The van der Waals surface area contributed by atoms with Gasteiger partial charge < -0.3 is 16.8 Å². The summed E-state index contributed by atoms with van der Waals surface area (Å²) >= 11 is 0. The molecule has 1 fully saturated rings. The summed E-state index contributed by atoms with van der Waals surface area (Å²) in [5.41, 5.74) is 15.4. The molecule has 34 heavy (non-hydrogen) atoms. The van der Waals surface area contributed by atoms with Gasteiger partial charge in [-0.05, 0) is 43.9 Å². The Morgan fingerprint density at radius 2 is 1.82 bits per heavy atom. The fraction of sp³-hybridized carbons (Fsp3) is 0.375. The summed E-state index contributed by atoms with van der Waals surface area (Å²) in [7, 11) is 0. The summed E-state index contributed by atoms with van der Waals surface area (Å²) in [5.74, 6) is 1.49. The zero-order valence-electron chi connectivity index (χ0n) is 18.9. The van der Waals surface area contributed by atoms with Gasteiger partial charge in [0.2, 0.25) is 5.95 Å². The van der Waals surface area contributed by atoms with E-state index in [0.29, 0.717) is 36.6 Å².